The van der Waals surface area contributed by atoms with Crippen molar-refractivity contribution in [2.24, 2.45) is 0 Å². The fourth-order valence-electron chi connectivity index (χ4n) is 1.76. The Morgan fingerprint density at radius 1 is 1.32 bits per heavy atom. The van der Waals surface area contributed by atoms with Gasteiger partial charge in [0.1, 0.15) is 22.7 Å². The average Bonchev–Trinajstić information content (AvgIpc) is 2.69. The molecule has 7 heteroatoms. The van der Waals surface area contributed by atoms with Gasteiger partial charge in [0.15, 0.2) is 0 Å². The number of aromatic hydroxyl groups is 1. The fourth-order valence-corrected chi connectivity index (χ4v) is 2.95. The van der Waals surface area contributed by atoms with Gasteiger partial charge < -0.3 is 10.4 Å². The SMILES string of the molecule is Cc1c(Cl)sc2ncnc(Nc3cccnc3O)c12. The van der Waals surface area contributed by atoms with Crippen LogP contribution in [0.3, 0.4) is 0 Å². The van der Waals surface area contributed by atoms with E-state index in [0.717, 1.165) is 15.8 Å². The number of rotatable bonds is 2. The van der Waals surface area contributed by atoms with Gasteiger partial charge in [-0.3, -0.25) is 0 Å². The predicted octanol–water partition coefficient (Wildman–Crippen LogP) is 3.50. The van der Waals surface area contributed by atoms with Crippen LogP contribution in [0, 0.1) is 6.92 Å². The highest BCUT2D eigenvalue weighted by Gasteiger charge is 2.14. The number of aromatic nitrogens is 3. The van der Waals surface area contributed by atoms with Crippen molar-refractivity contribution in [1.29, 1.82) is 0 Å². The molecule has 5 nitrogen and oxygen atoms in total. The third-order valence-electron chi connectivity index (χ3n) is 2.71. The van der Waals surface area contributed by atoms with E-state index in [1.807, 2.05) is 6.92 Å². The normalized spacial score (nSPS) is 10.8. The number of hydrogen-bond donors (Lipinski definition) is 2. The van der Waals surface area contributed by atoms with E-state index < -0.39 is 0 Å². The van der Waals surface area contributed by atoms with Gasteiger partial charge in [-0.2, -0.15) is 0 Å². The minimum atomic E-state index is -0.0757. The van der Waals surface area contributed by atoms with Crippen LogP contribution in [0.5, 0.6) is 5.88 Å². The van der Waals surface area contributed by atoms with Crippen molar-refractivity contribution in [1.82, 2.24) is 15.0 Å². The van der Waals surface area contributed by atoms with E-state index >= 15 is 0 Å². The number of pyridine rings is 1. The van der Waals surface area contributed by atoms with Gasteiger partial charge in [-0.25, -0.2) is 15.0 Å². The molecule has 0 amide bonds. The van der Waals surface area contributed by atoms with Crippen LogP contribution in [0.15, 0.2) is 24.7 Å². The van der Waals surface area contributed by atoms with Crippen LogP contribution in [-0.2, 0) is 0 Å². The summed E-state index contributed by atoms with van der Waals surface area (Å²) < 4.78 is 0.689. The van der Waals surface area contributed by atoms with Gasteiger partial charge in [-0.15, -0.1) is 11.3 Å². The van der Waals surface area contributed by atoms with Gasteiger partial charge in [0.05, 0.1) is 9.72 Å². The second kappa shape index (κ2) is 4.64. The molecule has 0 spiro atoms. The van der Waals surface area contributed by atoms with Crippen LogP contribution < -0.4 is 5.32 Å². The number of fused-ring (bicyclic) bond motifs is 1. The van der Waals surface area contributed by atoms with E-state index in [2.05, 4.69) is 20.3 Å². The van der Waals surface area contributed by atoms with Crippen molar-refractivity contribution in [2.75, 3.05) is 5.32 Å². The molecular weight excluding hydrogens is 284 g/mol. The molecule has 96 valence electrons. The number of thiophene rings is 1. The molecule has 0 aliphatic heterocycles. The summed E-state index contributed by atoms with van der Waals surface area (Å²) in [5.74, 6) is 0.530. The Morgan fingerprint density at radius 3 is 2.95 bits per heavy atom. The maximum Gasteiger partial charge on any atom is 0.235 e. The zero-order valence-corrected chi connectivity index (χ0v) is 11.5. The van der Waals surface area contributed by atoms with Crippen LogP contribution in [0.1, 0.15) is 5.56 Å². The lowest BCUT2D eigenvalue weighted by Crippen LogP contribution is -1.96. The highest BCUT2D eigenvalue weighted by molar-refractivity contribution is 7.22. The largest absolute Gasteiger partial charge is 0.492 e. The molecular formula is C12H9ClN4OS. The molecule has 0 saturated heterocycles. The smallest absolute Gasteiger partial charge is 0.235 e. The molecule has 3 aromatic rings. The second-order valence-corrected chi connectivity index (χ2v) is 5.50. The molecule has 3 rings (SSSR count). The van der Waals surface area contributed by atoms with Crippen molar-refractivity contribution in [3.05, 3.63) is 34.6 Å². The van der Waals surface area contributed by atoms with Gasteiger partial charge in [-0.1, -0.05) is 11.6 Å². The Labute approximate surface area is 117 Å². The number of aryl methyl sites for hydroxylation is 1. The first kappa shape index (κ1) is 12.1. The Kier molecular flexibility index (Phi) is 2.96. The summed E-state index contributed by atoms with van der Waals surface area (Å²) >= 11 is 7.52. The third kappa shape index (κ3) is 2.09. The maximum absolute atomic E-state index is 9.68. The topological polar surface area (TPSA) is 70.9 Å². The lowest BCUT2D eigenvalue weighted by atomic mass is 10.2. The van der Waals surface area contributed by atoms with Crippen LogP contribution in [0.2, 0.25) is 4.34 Å². The van der Waals surface area contributed by atoms with Gasteiger partial charge in [-0.05, 0) is 24.6 Å². The van der Waals surface area contributed by atoms with Crippen molar-refractivity contribution in [3.8, 4) is 5.88 Å². The number of nitrogens with one attached hydrogen (secondary N) is 1. The lowest BCUT2D eigenvalue weighted by Gasteiger charge is -2.07. The first-order chi connectivity index (χ1) is 9.16. The maximum atomic E-state index is 9.68. The fraction of sp³-hybridized carbons (Fsp3) is 0.0833. The highest BCUT2D eigenvalue weighted by Crippen LogP contribution is 2.37. The number of hydrogen-bond acceptors (Lipinski definition) is 6. The number of anilines is 2. The molecule has 3 heterocycles. The Hall–Kier alpha value is -1.92. The van der Waals surface area contributed by atoms with Gasteiger partial charge in [0.2, 0.25) is 5.88 Å². The Balaban J connectivity index is 2.13. The highest BCUT2D eigenvalue weighted by atomic mass is 35.5. The molecule has 0 aliphatic carbocycles. The summed E-state index contributed by atoms with van der Waals surface area (Å²) in [4.78, 5) is 13.0. The quantitative estimate of drug-likeness (QED) is 0.756. The third-order valence-corrected chi connectivity index (χ3v) is 4.21. The molecule has 0 aliphatic rings. The van der Waals surface area contributed by atoms with Crippen molar-refractivity contribution in [2.45, 2.75) is 6.92 Å². The molecule has 0 fully saturated rings. The lowest BCUT2D eigenvalue weighted by molar-refractivity contribution is 0.456. The molecule has 0 saturated carbocycles. The van der Waals surface area contributed by atoms with Gasteiger partial charge >= 0.3 is 0 Å². The minimum absolute atomic E-state index is 0.0757. The van der Waals surface area contributed by atoms with Crippen molar-refractivity contribution < 1.29 is 5.11 Å². The number of nitrogens with zero attached hydrogens (tertiary/aromatic N) is 3. The van der Waals surface area contributed by atoms with Gasteiger partial charge in [0, 0.05) is 6.20 Å². The van der Waals surface area contributed by atoms with Crippen LogP contribution >= 0.6 is 22.9 Å². The minimum Gasteiger partial charge on any atom is -0.492 e. The van der Waals surface area contributed by atoms with Crippen molar-refractivity contribution in [3.63, 3.8) is 0 Å². The Morgan fingerprint density at radius 2 is 2.16 bits per heavy atom. The summed E-state index contributed by atoms with van der Waals surface area (Å²) in [5.41, 5.74) is 1.41. The van der Waals surface area contributed by atoms with Gasteiger partial charge in [0.25, 0.3) is 0 Å². The van der Waals surface area contributed by atoms with E-state index in [4.69, 9.17) is 11.6 Å². The molecule has 0 atom stereocenters. The van der Waals surface area contributed by atoms with E-state index in [-0.39, 0.29) is 5.88 Å². The van der Waals surface area contributed by atoms with Crippen LogP contribution in [0.4, 0.5) is 11.5 Å². The van der Waals surface area contributed by atoms with E-state index in [0.29, 0.717) is 15.8 Å². The van der Waals surface area contributed by atoms with E-state index in [1.165, 1.54) is 23.9 Å². The zero-order valence-electron chi connectivity index (χ0n) is 9.88. The zero-order chi connectivity index (χ0) is 13.4. The molecule has 2 N–H and O–H groups in total. The van der Waals surface area contributed by atoms with E-state index in [1.54, 1.807) is 12.1 Å². The first-order valence-electron chi connectivity index (χ1n) is 5.47. The number of halogens is 1. The summed E-state index contributed by atoms with van der Waals surface area (Å²) in [5, 5.41) is 13.6. The van der Waals surface area contributed by atoms with Crippen molar-refractivity contribution >= 4 is 44.7 Å². The molecule has 19 heavy (non-hydrogen) atoms. The standard InChI is InChI=1S/C12H9ClN4OS/c1-6-8-10(15-5-16-12(8)19-9(6)13)17-7-3-2-4-14-11(7)18/h2-5H,1H3,(H,14,18)(H,15,16,17). The summed E-state index contributed by atoms with van der Waals surface area (Å²) in [7, 11) is 0. The Bertz CT molecular complexity index is 759. The molecule has 0 bridgehead atoms. The second-order valence-electron chi connectivity index (χ2n) is 3.90. The summed E-state index contributed by atoms with van der Waals surface area (Å²) in [6.45, 7) is 1.92. The monoisotopic (exact) mass is 292 g/mol. The van der Waals surface area contributed by atoms with E-state index in [9.17, 15) is 5.11 Å². The van der Waals surface area contributed by atoms with Crippen LogP contribution in [-0.4, -0.2) is 20.1 Å². The summed E-state index contributed by atoms with van der Waals surface area (Å²) in [6.07, 6.45) is 2.98. The van der Waals surface area contributed by atoms with Crippen LogP contribution in [0.25, 0.3) is 10.2 Å². The average molecular weight is 293 g/mol. The summed E-state index contributed by atoms with van der Waals surface area (Å²) in [6, 6.07) is 3.45. The molecule has 0 aromatic carbocycles. The molecule has 0 unspecified atom stereocenters. The molecule has 0 radical (unpaired) electrons. The first-order valence-corrected chi connectivity index (χ1v) is 6.67. The predicted molar refractivity (Wildman–Crippen MR) is 76.3 cm³/mol. The molecule has 3 aromatic heterocycles.